The molecule has 0 bridgehead atoms. The highest BCUT2D eigenvalue weighted by Crippen LogP contribution is 2.26. The number of nitrogens with one attached hydrogen (secondary N) is 1. The van der Waals surface area contributed by atoms with Gasteiger partial charge in [-0.1, -0.05) is 24.1 Å². The van der Waals surface area contributed by atoms with Crippen LogP contribution in [-0.4, -0.2) is 70.9 Å². The first-order valence-corrected chi connectivity index (χ1v) is 12.9. The van der Waals surface area contributed by atoms with Gasteiger partial charge in [-0.2, -0.15) is 0 Å². The summed E-state index contributed by atoms with van der Waals surface area (Å²) < 4.78 is 0. The lowest BCUT2D eigenvalue weighted by atomic mass is 9.95. The SMILES string of the molecule is O=C(CN(C(=O)c1ccc2c(Cl)c[nH]c2c1)c1ccncc1)N1CCC(CN2CCCCC2)CC1. The Hall–Kier alpha value is -2.90. The van der Waals surface area contributed by atoms with Crippen molar-refractivity contribution >= 4 is 40.0 Å². The van der Waals surface area contributed by atoms with E-state index in [1.54, 1.807) is 47.8 Å². The second kappa shape index (κ2) is 10.8. The quantitative estimate of drug-likeness (QED) is 0.545. The van der Waals surface area contributed by atoms with Crippen LogP contribution in [0.25, 0.3) is 10.9 Å². The molecule has 5 rings (SSSR count). The summed E-state index contributed by atoms with van der Waals surface area (Å²) in [6, 6.07) is 8.91. The summed E-state index contributed by atoms with van der Waals surface area (Å²) in [7, 11) is 0. The molecular weight excluding hydrogens is 462 g/mol. The van der Waals surface area contributed by atoms with Gasteiger partial charge in [0.25, 0.3) is 5.91 Å². The standard InChI is InChI=1S/C27H32ClN5O2/c28-24-17-30-25-16-21(4-5-23(24)25)27(35)33(22-6-10-29-11-7-22)19-26(34)32-14-8-20(9-15-32)18-31-12-2-1-3-13-31/h4-7,10-11,16-17,20,30H,1-3,8-9,12-15,18-19H2. The number of anilines is 1. The number of carbonyl (C=O) groups is 2. The van der Waals surface area contributed by atoms with E-state index in [4.69, 9.17) is 11.6 Å². The maximum absolute atomic E-state index is 13.6. The lowest BCUT2D eigenvalue weighted by Crippen LogP contribution is -2.47. The smallest absolute Gasteiger partial charge is 0.258 e. The molecule has 1 aromatic carbocycles. The van der Waals surface area contributed by atoms with E-state index in [1.807, 2.05) is 11.0 Å². The van der Waals surface area contributed by atoms with E-state index in [0.29, 0.717) is 22.2 Å². The summed E-state index contributed by atoms with van der Waals surface area (Å²) in [5.41, 5.74) is 1.95. The summed E-state index contributed by atoms with van der Waals surface area (Å²) in [4.78, 5) is 40.1. The zero-order chi connectivity index (χ0) is 24.2. The molecule has 0 atom stereocenters. The molecule has 2 aromatic heterocycles. The van der Waals surface area contributed by atoms with Gasteiger partial charge in [-0.05, 0) is 69.0 Å². The number of rotatable bonds is 6. The molecule has 2 aliphatic heterocycles. The lowest BCUT2D eigenvalue weighted by molar-refractivity contribution is -0.131. The van der Waals surface area contributed by atoms with Gasteiger partial charge >= 0.3 is 0 Å². The van der Waals surface area contributed by atoms with Crippen LogP contribution in [0.15, 0.2) is 48.9 Å². The van der Waals surface area contributed by atoms with Crippen LogP contribution in [0.4, 0.5) is 5.69 Å². The summed E-state index contributed by atoms with van der Waals surface area (Å²) in [6.45, 7) is 5.08. The molecule has 2 saturated heterocycles. The Morgan fingerprint density at radius 1 is 1.03 bits per heavy atom. The predicted octanol–water partition coefficient (Wildman–Crippen LogP) is 4.59. The minimum atomic E-state index is -0.225. The monoisotopic (exact) mass is 493 g/mol. The Morgan fingerprint density at radius 3 is 2.51 bits per heavy atom. The summed E-state index contributed by atoms with van der Waals surface area (Å²) in [5, 5.41) is 1.48. The maximum Gasteiger partial charge on any atom is 0.258 e. The van der Waals surface area contributed by atoms with E-state index in [2.05, 4.69) is 14.9 Å². The Bertz CT molecular complexity index is 1170. The molecule has 184 valence electrons. The first kappa shape index (κ1) is 23.8. The van der Waals surface area contributed by atoms with Crippen molar-refractivity contribution in [2.45, 2.75) is 32.1 Å². The number of pyridine rings is 1. The zero-order valence-corrected chi connectivity index (χ0v) is 20.7. The molecule has 35 heavy (non-hydrogen) atoms. The molecule has 0 radical (unpaired) electrons. The van der Waals surface area contributed by atoms with Crippen molar-refractivity contribution in [1.82, 2.24) is 19.8 Å². The van der Waals surface area contributed by atoms with Crippen LogP contribution >= 0.6 is 11.6 Å². The van der Waals surface area contributed by atoms with Crippen LogP contribution in [0.5, 0.6) is 0 Å². The summed E-state index contributed by atoms with van der Waals surface area (Å²) >= 11 is 6.20. The average molecular weight is 494 g/mol. The number of aromatic amines is 1. The van der Waals surface area contributed by atoms with Crippen molar-refractivity contribution in [3.63, 3.8) is 0 Å². The number of halogens is 1. The van der Waals surface area contributed by atoms with E-state index in [0.717, 1.165) is 43.4 Å². The number of hydrogen-bond acceptors (Lipinski definition) is 4. The van der Waals surface area contributed by atoms with Crippen molar-refractivity contribution in [2.24, 2.45) is 5.92 Å². The van der Waals surface area contributed by atoms with E-state index in [-0.39, 0.29) is 18.4 Å². The molecule has 0 aliphatic carbocycles. The van der Waals surface area contributed by atoms with E-state index in [1.165, 1.54) is 32.4 Å². The van der Waals surface area contributed by atoms with Crippen LogP contribution in [0, 0.1) is 5.92 Å². The third-order valence-electron chi connectivity index (χ3n) is 7.32. The highest BCUT2D eigenvalue weighted by Gasteiger charge is 2.28. The van der Waals surface area contributed by atoms with Crippen LogP contribution < -0.4 is 4.90 Å². The molecule has 0 unspecified atom stereocenters. The Kier molecular flexibility index (Phi) is 7.35. The summed E-state index contributed by atoms with van der Waals surface area (Å²) in [5.74, 6) is 0.405. The van der Waals surface area contributed by atoms with Crippen LogP contribution in [-0.2, 0) is 4.79 Å². The molecule has 2 fully saturated rings. The van der Waals surface area contributed by atoms with Crippen molar-refractivity contribution in [1.29, 1.82) is 0 Å². The van der Waals surface area contributed by atoms with Gasteiger partial charge in [0.05, 0.1) is 5.02 Å². The number of H-pyrrole nitrogens is 1. The molecule has 4 heterocycles. The third kappa shape index (κ3) is 5.52. The molecule has 2 aliphatic rings. The van der Waals surface area contributed by atoms with Gasteiger partial charge in [0.2, 0.25) is 5.91 Å². The molecular formula is C27H32ClN5O2. The Labute approximate surface area is 211 Å². The minimum Gasteiger partial charge on any atom is -0.360 e. The number of benzene rings is 1. The van der Waals surface area contributed by atoms with Crippen molar-refractivity contribution in [3.05, 3.63) is 59.5 Å². The van der Waals surface area contributed by atoms with Crippen molar-refractivity contribution < 1.29 is 9.59 Å². The number of carbonyl (C=O) groups excluding carboxylic acids is 2. The molecule has 0 spiro atoms. The van der Waals surface area contributed by atoms with Gasteiger partial charge < -0.3 is 14.8 Å². The lowest BCUT2D eigenvalue weighted by Gasteiger charge is -2.36. The first-order valence-electron chi connectivity index (χ1n) is 12.6. The second-order valence-electron chi connectivity index (χ2n) is 9.68. The Morgan fingerprint density at radius 2 is 1.77 bits per heavy atom. The molecule has 3 aromatic rings. The largest absolute Gasteiger partial charge is 0.360 e. The molecule has 2 amide bonds. The predicted molar refractivity (Wildman–Crippen MR) is 139 cm³/mol. The number of amides is 2. The fraction of sp³-hybridized carbons (Fsp3) is 0.444. The van der Waals surface area contributed by atoms with Crippen LogP contribution in [0.3, 0.4) is 0 Å². The zero-order valence-electron chi connectivity index (χ0n) is 20.0. The molecule has 1 N–H and O–H groups in total. The normalized spacial score (nSPS) is 17.6. The number of piperidine rings is 2. The number of aromatic nitrogens is 2. The highest BCUT2D eigenvalue weighted by atomic mass is 35.5. The molecule has 0 saturated carbocycles. The topological polar surface area (TPSA) is 72.5 Å². The van der Waals surface area contributed by atoms with E-state index in [9.17, 15) is 9.59 Å². The van der Waals surface area contributed by atoms with Gasteiger partial charge in [-0.15, -0.1) is 0 Å². The van der Waals surface area contributed by atoms with E-state index >= 15 is 0 Å². The molecule has 8 heteroatoms. The number of hydrogen-bond donors (Lipinski definition) is 1. The number of fused-ring (bicyclic) bond motifs is 1. The molecule has 7 nitrogen and oxygen atoms in total. The third-order valence-corrected chi connectivity index (χ3v) is 7.64. The van der Waals surface area contributed by atoms with Gasteiger partial charge in [0.1, 0.15) is 6.54 Å². The number of nitrogens with zero attached hydrogens (tertiary/aromatic N) is 4. The fourth-order valence-corrected chi connectivity index (χ4v) is 5.51. The fourth-order valence-electron chi connectivity index (χ4n) is 5.29. The maximum atomic E-state index is 13.6. The van der Waals surface area contributed by atoms with Crippen molar-refractivity contribution in [2.75, 3.05) is 44.2 Å². The van der Waals surface area contributed by atoms with Gasteiger partial charge in [-0.3, -0.25) is 19.5 Å². The average Bonchev–Trinajstić information content (AvgIpc) is 3.28. The van der Waals surface area contributed by atoms with Crippen molar-refractivity contribution in [3.8, 4) is 0 Å². The second-order valence-corrected chi connectivity index (χ2v) is 10.1. The Balaban J connectivity index is 1.26. The first-order chi connectivity index (χ1) is 17.1. The minimum absolute atomic E-state index is 0.00313. The van der Waals surface area contributed by atoms with E-state index < -0.39 is 0 Å². The summed E-state index contributed by atoms with van der Waals surface area (Å²) in [6.07, 6.45) is 11.0. The van der Waals surface area contributed by atoms with Crippen LogP contribution in [0.1, 0.15) is 42.5 Å². The van der Waals surface area contributed by atoms with Crippen LogP contribution in [0.2, 0.25) is 5.02 Å². The highest BCUT2D eigenvalue weighted by molar-refractivity contribution is 6.35. The van der Waals surface area contributed by atoms with Gasteiger partial charge in [0.15, 0.2) is 0 Å². The number of likely N-dealkylation sites (tertiary alicyclic amines) is 2. The van der Waals surface area contributed by atoms with Gasteiger partial charge in [0, 0.05) is 60.4 Å². The van der Waals surface area contributed by atoms with Gasteiger partial charge in [-0.25, -0.2) is 0 Å².